The molecule has 1 unspecified atom stereocenters. The predicted octanol–water partition coefficient (Wildman–Crippen LogP) is 3.99. The number of anilines is 1. The highest BCUT2D eigenvalue weighted by Gasteiger charge is 2.39. The maximum atomic E-state index is 13.1. The zero-order valence-corrected chi connectivity index (χ0v) is 20.5. The van der Waals surface area contributed by atoms with Gasteiger partial charge in [0.25, 0.3) is 0 Å². The van der Waals surface area contributed by atoms with Gasteiger partial charge < -0.3 is 11.1 Å². The molecule has 1 aliphatic heterocycles. The molecule has 0 radical (unpaired) electrons. The van der Waals surface area contributed by atoms with E-state index in [0.717, 1.165) is 37.3 Å². The van der Waals surface area contributed by atoms with Crippen LogP contribution in [-0.4, -0.2) is 55.5 Å². The molecular formula is C29H36N4O. The van der Waals surface area contributed by atoms with Gasteiger partial charge in [0.15, 0.2) is 0 Å². The first-order chi connectivity index (χ1) is 16.4. The molecule has 1 atom stereocenters. The minimum absolute atomic E-state index is 0.00284. The fraction of sp³-hybridized carbons (Fsp3) is 0.345. The Morgan fingerprint density at radius 3 is 2.00 bits per heavy atom. The zero-order chi connectivity index (χ0) is 24.1. The quantitative estimate of drug-likeness (QED) is 0.528. The van der Waals surface area contributed by atoms with Crippen LogP contribution in [0.5, 0.6) is 0 Å². The normalized spacial score (nSPS) is 16.8. The summed E-state index contributed by atoms with van der Waals surface area (Å²) in [6, 6.07) is 27.7. The molecule has 1 amide bonds. The maximum Gasteiger partial charge on any atom is 0.231 e. The largest absolute Gasteiger partial charge is 0.398 e. The number of amides is 1. The molecule has 0 aliphatic carbocycles. The number of carbonyl (C=O) groups is 1. The average molecular weight is 457 g/mol. The molecule has 0 spiro atoms. The Morgan fingerprint density at radius 2 is 1.50 bits per heavy atom. The predicted molar refractivity (Wildman–Crippen MR) is 140 cm³/mol. The Kier molecular flexibility index (Phi) is 7.35. The number of carbonyl (C=O) groups excluding carboxylic acids is 1. The van der Waals surface area contributed by atoms with Crippen molar-refractivity contribution in [2.24, 2.45) is 0 Å². The van der Waals surface area contributed by atoms with Crippen LogP contribution in [0.1, 0.15) is 35.2 Å². The van der Waals surface area contributed by atoms with E-state index in [1.54, 1.807) is 7.05 Å². The van der Waals surface area contributed by atoms with Gasteiger partial charge in [0.2, 0.25) is 5.91 Å². The fourth-order valence-corrected chi connectivity index (χ4v) is 5.25. The van der Waals surface area contributed by atoms with Crippen LogP contribution in [0.3, 0.4) is 0 Å². The smallest absolute Gasteiger partial charge is 0.231 e. The first-order valence-corrected chi connectivity index (χ1v) is 12.1. The first-order valence-electron chi connectivity index (χ1n) is 12.1. The van der Waals surface area contributed by atoms with Gasteiger partial charge in [-0.25, -0.2) is 0 Å². The second-order valence-electron chi connectivity index (χ2n) is 9.54. The third-order valence-electron chi connectivity index (χ3n) is 7.07. The van der Waals surface area contributed by atoms with E-state index in [1.807, 2.05) is 32.0 Å². The molecule has 34 heavy (non-hydrogen) atoms. The van der Waals surface area contributed by atoms with E-state index in [1.165, 1.54) is 11.1 Å². The van der Waals surface area contributed by atoms with E-state index >= 15 is 0 Å². The second kappa shape index (κ2) is 10.4. The number of likely N-dealkylation sites (N-methyl/N-ethyl adjacent to an activating group) is 1. The molecule has 3 aromatic carbocycles. The number of hydrogen-bond acceptors (Lipinski definition) is 4. The Hall–Kier alpha value is -3.15. The molecule has 3 aromatic rings. The van der Waals surface area contributed by atoms with Crippen molar-refractivity contribution in [3.05, 3.63) is 101 Å². The summed E-state index contributed by atoms with van der Waals surface area (Å²) in [6.07, 6.45) is 0. The summed E-state index contributed by atoms with van der Waals surface area (Å²) >= 11 is 0. The highest BCUT2D eigenvalue weighted by molar-refractivity contribution is 5.89. The lowest BCUT2D eigenvalue weighted by Gasteiger charge is -2.42. The van der Waals surface area contributed by atoms with Crippen LogP contribution in [0.25, 0.3) is 0 Å². The monoisotopic (exact) mass is 456 g/mol. The van der Waals surface area contributed by atoms with Crippen molar-refractivity contribution in [3.8, 4) is 0 Å². The van der Waals surface area contributed by atoms with Gasteiger partial charge in [-0.1, -0.05) is 72.8 Å². The minimum atomic E-state index is -0.715. The highest BCUT2D eigenvalue weighted by Crippen LogP contribution is 2.33. The number of nitrogens with zero attached hydrogens (tertiary/aromatic N) is 2. The molecule has 1 heterocycles. The molecule has 1 aliphatic rings. The standard InChI is InChI=1S/C29H36N4O/c1-22-14-15-25(26(30)20-22)29(2,28(34)31-3)21-32-16-18-33(19-17-32)27(23-10-6-4-7-11-23)24-12-8-5-9-13-24/h4-15,20,27H,16-19,21,30H2,1-3H3,(H,31,34). The third kappa shape index (κ3) is 5.01. The number of aryl methyl sites for hydroxylation is 1. The number of nitrogen functional groups attached to an aromatic ring is 1. The van der Waals surface area contributed by atoms with Gasteiger partial charge in [0.05, 0.1) is 11.5 Å². The van der Waals surface area contributed by atoms with Crippen molar-refractivity contribution in [3.63, 3.8) is 0 Å². The van der Waals surface area contributed by atoms with Crippen LogP contribution < -0.4 is 11.1 Å². The van der Waals surface area contributed by atoms with E-state index in [4.69, 9.17) is 5.73 Å². The summed E-state index contributed by atoms with van der Waals surface area (Å²) in [5, 5.41) is 2.87. The van der Waals surface area contributed by atoms with Gasteiger partial charge in [-0.05, 0) is 42.2 Å². The number of piperazine rings is 1. The number of rotatable bonds is 7. The summed E-state index contributed by atoms with van der Waals surface area (Å²) in [5.74, 6) is -0.00284. The number of benzene rings is 3. The van der Waals surface area contributed by atoms with Crippen LogP contribution >= 0.6 is 0 Å². The molecular weight excluding hydrogens is 420 g/mol. The molecule has 5 heteroatoms. The fourth-order valence-electron chi connectivity index (χ4n) is 5.25. The zero-order valence-electron chi connectivity index (χ0n) is 20.5. The second-order valence-corrected chi connectivity index (χ2v) is 9.54. The number of nitrogens with one attached hydrogen (secondary N) is 1. The number of nitrogens with two attached hydrogens (primary N) is 1. The van der Waals surface area contributed by atoms with Gasteiger partial charge in [-0.15, -0.1) is 0 Å². The number of hydrogen-bond donors (Lipinski definition) is 2. The molecule has 1 fully saturated rings. The van der Waals surface area contributed by atoms with Crippen molar-refractivity contribution in [1.82, 2.24) is 15.1 Å². The van der Waals surface area contributed by atoms with E-state index in [-0.39, 0.29) is 11.9 Å². The Balaban J connectivity index is 1.53. The summed E-state index contributed by atoms with van der Waals surface area (Å²) < 4.78 is 0. The summed E-state index contributed by atoms with van der Waals surface area (Å²) in [4.78, 5) is 18.0. The lowest BCUT2D eigenvalue weighted by Crippen LogP contribution is -2.54. The van der Waals surface area contributed by atoms with E-state index in [2.05, 4.69) is 75.8 Å². The summed E-state index contributed by atoms with van der Waals surface area (Å²) in [6.45, 7) is 8.32. The van der Waals surface area contributed by atoms with Crippen LogP contribution in [0.15, 0.2) is 78.9 Å². The Morgan fingerprint density at radius 1 is 0.941 bits per heavy atom. The van der Waals surface area contributed by atoms with Gasteiger partial charge in [-0.2, -0.15) is 0 Å². The SMILES string of the molecule is CNC(=O)C(C)(CN1CCN(C(c2ccccc2)c2ccccc2)CC1)c1ccc(C)cc1N. The topological polar surface area (TPSA) is 61.6 Å². The Labute approximate surface area is 203 Å². The minimum Gasteiger partial charge on any atom is -0.398 e. The van der Waals surface area contributed by atoms with Crippen molar-refractivity contribution >= 4 is 11.6 Å². The molecule has 0 bridgehead atoms. The lowest BCUT2D eigenvalue weighted by atomic mass is 9.79. The van der Waals surface area contributed by atoms with E-state index < -0.39 is 5.41 Å². The summed E-state index contributed by atoms with van der Waals surface area (Å²) in [7, 11) is 1.70. The van der Waals surface area contributed by atoms with Crippen LogP contribution in [0.2, 0.25) is 0 Å². The van der Waals surface area contributed by atoms with E-state index in [9.17, 15) is 4.79 Å². The van der Waals surface area contributed by atoms with Gasteiger partial charge in [0.1, 0.15) is 0 Å². The van der Waals surface area contributed by atoms with Crippen LogP contribution in [-0.2, 0) is 10.2 Å². The third-order valence-corrected chi connectivity index (χ3v) is 7.07. The maximum absolute atomic E-state index is 13.1. The lowest BCUT2D eigenvalue weighted by molar-refractivity contribution is -0.126. The van der Waals surface area contributed by atoms with Crippen LogP contribution in [0.4, 0.5) is 5.69 Å². The first kappa shape index (κ1) is 24.0. The summed E-state index contributed by atoms with van der Waals surface area (Å²) in [5.41, 5.74) is 11.0. The molecule has 0 saturated carbocycles. The highest BCUT2D eigenvalue weighted by atomic mass is 16.2. The van der Waals surface area contributed by atoms with Gasteiger partial charge in [0, 0.05) is 45.5 Å². The van der Waals surface area contributed by atoms with Crippen molar-refractivity contribution in [1.29, 1.82) is 0 Å². The molecule has 1 saturated heterocycles. The molecule has 0 aromatic heterocycles. The Bertz CT molecular complexity index is 1050. The average Bonchev–Trinajstić information content (AvgIpc) is 2.86. The van der Waals surface area contributed by atoms with E-state index in [0.29, 0.717) is 12.2 Å². The van der Waals surface area contributed by atoms with Gasteiger partial charge in [-0.3, -0.25) is 14.6 Å². The van der Waals surface area contributed by atoms with Crippen molar-refractivity contribution in [2.45, 2.75) is 25.3 Å². The molecule has 3 N–H and O–H groups in total. The van der Waals surface area contributed by atoms with Crippen molar-refractivity contribution in [2.75, 3.05) is 45.5 Å². The molecule has 4 rings (SSSR count). The van der Waals surface area contributed by atoms with Crippen molar-refractivity contribution < 1.29 is 4.79 Å². The molecule has 178 valence electrons. The van der Waals surface area contributed by atoms with Gasteiger partial charge >= 0.3 is 0 Å². The molecule has 5 nitrogen and oxygen atoms in total. The van der Waals surface area contributed by atoms with Crippen LogP contribution in [0, 0.1) is 6.92 Å².